The molecule has 5 aromatic carbocycles. The second-order valence-corrected chi connectivity index (χ2v) is 12.6. The number of amides is 1. The molecule has 1 aliphatic rings. The van der Waals surface area contributed by atoms with Crippen molar-refractivity contribution in [3.05, 3.63) is 161 Å². The normalized spacial score (nSPS) is 14.5. The quantitative estimate of drug-likeness (QED) is 0.112. The lowest BCUT2D eigenvalue weighted by Crippen LogP contribution is -2.40. The van der Waals surface area contributed by atoms with Crippen molar-refractivity contribution in [3.63, 3.8) is 0 Å². The summed E-state index contributed by atoms with van der Waals surface area (Å²) in [7, 11) is 0. The lowest BCUT2D eigenvalue weighted by Gasteiger charge is -2.36. The van der Waals surface area contributed by atoms with E-state index < -0.39 is 17.8 Å². The number of anilines is 1. The Morgan fingerprint density at radius 3 is 2.04 bits per heavy atom. The maximum absolute atomic E-state index is 13.4. The van der Waals surface area contributed by atoms with E-state index in [9.17, 15) is 22.8 Å². The number of benzene rings is 5. The summed E-state index contributed by atoms with van der Waals surface area (Å²) >= 11 is 0. The van der Waals surface area contributed by atoms with E-state index in [4.69, 9.17) is 4.74 Å². The van der Waals surface area contributed by atoms with Crippen LogP contribution in [0.25, 0.3) is 11.1 Å². The number of carbonyl (C=O) groups excluding carboxylic acids is 2. The molecule has 50 heavy (non-hydrogen) atoms. The van der Waals surface area contributed by atoms with Crippen LogP contribution in [-0.2, 0) is 22.1 Å². The van der Waals surface area contributed by atoms with Crippen LogP contribution in [0.2, 0.25) is 0 Å². The van der Waals surface area contributed by atoms with E-state index in [1.807, 2.05) is 72.8 Å². The van der Waals surface area contributed by atoms with Crippen LogP contribution in [0.3, 0.4) is 0 Å². The van der Waals surface area contributed by atoms with Crippen LogP contribution < -0.4 is 5.32 Å². The average Bonchev–Trinajstić information content (AvgIpc) is 3.15. The van der Waals surface area contributed by atoms with Gasteiger partial charge in [0.1, 0.15) is 6.04 Å². The molecule has 5 aromatic rings. The number of carbonyl (C=O) groups is 2. The zero-order valence-corrected chi connectivity index (χ0v) is 27.6. The van der Waals surface area contributed by atoms with Crippen LogP contribution in [0, 0.1) is 0 Å². The van der Waals surface area contributed by atoms with Crippen LogP contribution >= 0.6 is 0 Å². The van der Waals surface area contributed by atoms with E-state index in [2.05, 4.69) is 22.3 Å². The molecule has 0 aromatic heterocycles. The molecule has 8 heteroatoms. The Hall–Kier alpha value is -5.21. The summed E-state index contributed by atoms with van der Waals surface area (Å²) in [4.78, 5) is 29.0. The zero-order valence-electron chi connectivity index (χ0n) is 27.6. The van der Waals surface area contributed by atoms with Crippen LogP contribution in [0.15, 0.2) is 133 Å². The fourth-order valence-electron chi connectivity index (χ4n) is 6.60. The number of alkyl halides is 3. The van der Waals surface area contributed by atoms with Crippen molar-refractivity contribution in [2.45, 2.75) is 43.8 Å². The molecule has 0 spiro atoms. The van der Waals surface area contributed by atoms with Gasteiger partial charge in [-0.3, -0.25) is 9.69 Å². The van der Waals surface area contributed by atoms with Crippen molar-refractivity contribution in [1.29, 1.82) is 0 Å². The Morgan fingerprint density at radius 1 is 0.760 bits per heavy atom. The van der Waals surface area contributed by atoms with Crippen LogP contribution in [0.4, 0.5) is 18.9 Å². The summed E-state index contributed by atoms with van der Waals surface area (Å²) in [6.45, 7) is 1.85. The molecule has 0 saturated carbocycles. The Morgan fingerprint density at radius 2 is 1.38 bits per heavy atom. The number of halogens is 3. The summed E-state index contributed by atoms with van der Waals surface area (Å²) in [5, 5.41) is 2.94. The molecule has 1 aliphatic heterocycles. The summed E-state index contributed by atoms with van der Waals surface area (Å²) in [5.74, 6) is -0.266. The van der Waals surface area contributed by atoms with Gasteiger partial charge in [0.15, 0.2) is 0 Å². The smallest absolute Gasteiger partial charge is 0.416 e. The summed E-state index contributed by atoms with van der Waals surface area (Å²) < 4.78 is 45.0. The maximum Gasteiger partial charge on any atom is 0.416 e. The van der Waals surface area contributed by atoms with Crippen molar-refractivity contribution >= 4 is 17.6 Å². The van der Waals surface area contributed by atoms with Gasteiger partial charge in [-0.1, -0.05) is 103 Å². The van der Waals surface area contributed by atoms with Gasteiger partial charge in [-0.15, -0.1) is 0 Å². The van der Waals surface area contributed by atoms with Gasteiger partial charge in [0.2, 0.25) is 0 Å². The van der Waals surface area contributed by atoms with Gasteiger partial charge in [0.25, 0.3) is 5.91 Å². The molecule has 0 bridgehead atoms. The number of nitrogens with one attached hydrogen (secondary N) is 1. The predicted molar refractivity (Wildman–Crippen MR) is 190 cm³/mol. The minimum absolute atomic E-state index is 0.220. The molecule has 1 amide bonds. The predicted octanol–water partition coefficient (Wildman–Crippen LogP) is 9.72. The molecule has 256 valence electrons. The van der Waals surface area contributed by atoms with E-state index in [1.165, 1.54) is 17.7 Å². The van der Waals surface area contributed by atoms with E-state index >= 15 is 0 Å². The molecule has 0 aliphatic carbocycles. The number of aryl methyl sites for hydroxylation is 1. The third kappa shape index (κ3) is 8.68. The lowest BCUT2D eigenvalue weighted by molar-refractivity contribution is -0.151. The van der Waals surface area contributed by atoms with Crippen molar-refractivity contribution in [2.75, 3.05) is 25.0 Å². The third-order valence-corrected chi connectivity index (χ3v) is 9.27. The van der Waals surface area contributed by atoms with Gasteiger partial charge in [0.05, 0.1) is 12.2 Å². The van der Waals surface area contributed by atoms with Crippen molar-refractivity contribution < 1.29 is 27.5 Å². The number of esters is 1. The molecule has 1 unspecified atom stereocenters. The highest BCUT2D eigenvalue weighted by Gasteiger charge is 2.33. The fourth-order valence-corrected chi connectivity index (χ4v) is 6.60. The number of piperidine rings is 1. The topological polar surface area (TPSA) is 58.6 Å². The SMILES string of the molecule is O=C(Nc1ccc(C2CCN(C(C(=O)OCCCc3ccccc3)c3ccccc3)CC2)cc1)c1ccccc1-c1ccc(C(F)(F)F)cc1. The number of likely N-dealkylation sites (tertiary alicyclic amines) is 1. The van der Waals surface area contributed by atoms with E-state index in [-0.39, 0.29) is 11.9 Å². The van der Waals surface area contributed by atoms with Gasteiger partial charge in [0, 0.05) is 11.3 Å². The van der Waals surface area contributed by atoms with Crippen LogP contribution in [0.1, 0.15) is 63.8 Å². The van der Waals surface area contributed by atoms with Gasteiger partial charge in [-0.05, 0) is 103 Å². The zero-order chi connectivity index (χ0) is 34.9. The fraction of sp³-hybridized carbons (Fsp3) is 0.238. The Bertz CT molecular complexity index is 1850. The number of nitrogens with zero attached hydrogens (tertiary/aromatic N) is 1. The van der Waals surface area contributed by atoms with Crippen LogP contribution in [0.5, 0.6) is 0 Å². The highest BCUT2D eigenvalue weighted by Crippen LogP contribution is 2.35. The molecule has 1 atom stereocenters. The first-order chi connectivity index (χ1) is 24.3. The van der Waals surface area contributed by atoms with Gasteiger partial charge >= 0.3 is 12.1 Å². The monoisotopic (exact) mass is 676 g/mol. The lowest BCUT2D eigenvalue weighted by atomic mass is 9.88. The Labute approximate surface area is 290 Å². The van der Waals surface area contributed by atoms with E-state index in [0.717, 1.165) is 62.0 Å². The largest absolute Gasteiger partial charge is 0.464 e. The average molecular weight is 677 g/mol. The highest BCUT2D eigenvalue weighted by molar-refractivity contribution is 6.08. The summed E-state index contributed by atoms with van der Waals surface area (Å²) in [6, 6.07) is 39.0. The molecule has 1 heterocycles. The van der Waals surface area contributed by atoms with E-state index in [1.54, 1.807) is 24.3 Å². The minimum Gasteiger partial charge on any atom is -0.464 e. The maximum atomic E-state index is 13.4. The first-order valence-corrected chi connectivity index (χ1v) is 16.9. The highest BCUT2D eigenvalue weighted by atomic mass is 19.4. The molecule has 1 saturated heterocycles. The second kappa shape index (κ2) is 16.0. The minimum atomic E-state index is -4.43. The van der Waals surface area contributed by atoms with Gasteiger partial charge in [-0.25, -0.2) is 4.79 Å². The van der Waals surface area contributed by atoms with Crippen molar-refractivity contribution in [2.24, 2.45) is 0 Å². The van der Waals surface area contributed by atoms with Gasteiger partial charge < -0.3 is 10.1 Å². The Balaban J connectivity index is 1.05. The van der Waals surface area contributed by atoms with E-state index in [0.29, 0.717) is 34.9 Å². The Kier molecular flexibility index (Phi) is 11.1. The number of hydrogen-bond donors (Lipinski definition) is 1. The standard InChI is InChI=1S/C42H39F3N2O3/c43-42(44,45)35-21-17-33(18-22-35)37-15-7-8-16-38(37)40(48)46-36-23-19-31(20-24-36)32-25-27-47(28-26-32)39(34-13-5-2-6-14-34)41(49)50-29-9-12-30-10-3-1-4-11-30/h1-8,10-11,13-24,32,39H,9,12,25-29H2,(H,46,48). The van der Waals surface area contributed by atoms with Crippen molar-refractivity contribution in [3.8, 4) is 11.1 Å². The number of hydrogen-bond acceptors (Lipinski definition) is 4. The molecule has 1 fully saturated rings. The molecule has 1 N–H and O–H groups in total. The first-order valence-electron chi connectivity index (χ1n) is 16.9. The second-order valence-electron chi connectivity index (χ2n) is 12.6. The number of ether oxygens (including phenoxy) is 1. The van der Waals surface area contributed by atoms with Crippen molar-refractivity contribution in [1.82, 2.24) is 4.90 Å². The molecular weight excluding hydrogens is 637 g/mol. The van der Waals surface area contributed by atoms with Gasteiger partial charge in [-0.2, -0.15) is 13.2 Å². The first kappa shape index (κ1) is 34.6. The third-order valence-electron chi connectivity index (χ3n) is 9.27. The molecule has 5 nitrogen and oxygen atoms in total. The molecule has 6 rings (SSSR count). The summed E-state index contributed by atoms with van der Waals surface area (Å²) in [5.41, 5.74) is 4.64. The molecule has 0 radical (unpaired) electrons. The van der Waals surface area contributed by atoms with Crippen LogP contribution in [-0.4, -0.2) is 36.5 Å². The molecular formula is C42H39F3N2O3. The number of rotatable bonds is 11. The summed E-state index contributed by atoms with van der Waals surface area (Å²) in [6.07, 6.45) is -1.07.